The molecule has 0 saturated carbocycles. The topological polar surface area (TPSA) is 66.0 Å². The maximum absolute atomic E-state index is 13.7. The van der Waals surface area contributed by atoms with Crippen molar-refractivity contribution in [3.63, 3.8) is 0 Å². The maximum atomic E-state index is 13.7. The number of aromatic nitrogens is 3. The van der Waals surface area contributed by atoms with Crippen molar-refractivity contribution in [2.45, 2.75) is 13.0 Å². The summed E-state index contributed by atoms with van der Waals surface area (Å²) < 4.78 is 22.0. The smallest absolute Gasteiger partial charge is 0.166 e. The second-order valence-electron chi connectivity index (χ2n) is 4.95. The first kappa shape index (κ1) is 15.5. The molecule has 0 fully saturated rings. The minimum Gasteiger partial charge on any atom is -0.482 e. The lowest BCUT2D eigenvalue weighted by Crippen LogP contribution is -2.10. The average molecular weight is 377 g/mol. The molecule has 2 N–H and O–H groups in total. The summed E-state index contributed by atoms with van der Waals surface area (Å²) in [5.41, 5.74) is 7.23. The Morgan fingerprint density at radius 2 is 2.17 bits per heavy atom. The Morgan fingerprint density at radius 3 is 2.91 bits per heavy atom. The van der Waals surface area contributed by atoms with Gasteiger partial charge in [0.15, 0.2) is 11.6 Å². The number of rotatable bonds is 4. The molecule has 2 heterocycles. The molecule has 5 nitrogen and oxygen atoms in total. The van der Waals surface area contributed by atoms with Crippen molar-refractivity contribution in [3.8, 4) is 11.4 Å². The second-order valence-corrected chi connectivity index (χ2v) is 5.87. The second kappa shape index (κ2) is 6.37. The molecule has 0 amide bonds. The lowest BCUT2D eigenvalue weighted by molar-refractivity contribution is 0.226. The molecular weight excluding hydrogens is 363 g/mol. The molecular formula is C16H14BrFN4O. The van der Waals surface area contributed by atoms with E-state index in [0.717, 1.165) is 10.2 Å². The van der Waals surface area contributed by atoms with Crippen LogP contribution in [0, 0.1) is 5.82 Å². The van der Waals surface area contributed by atoms with Crippen LogP contribution in [0.1, 0.15) is 18.6 Å². The average Bonchev–Trinajstić information content (AvgIpc) is 3.05. The zero-order valence-corrected chi connectivity index (χ0v) is 13.9. The van der Waals surface area contributed by atoms with Gasteiger partial charge in [-0.1, -0.05) is 0 Å². The molecule has 0 aliphatic rings. The molecule has 0 saturated heterocycles. The number of hydrogen-bond donors (Lipinski definition) is 1. The summed E-state index contributed by atoms with van der Waals surface area (Å²) >= 11 is 3.33. The van der Waals surface area contributed by atoms with E-state index in [2.05, 4.69) is 26.0 Å². The summed E-state index contributed by atoms with van der Waals surface area (Å²) in [4.78, 5) is 4.03. The highest BCUT2D eigenvalue weighted by molar-refractivity contribution is 9.10. The predicted octanol–water partition coefficient (Wildman–Crippen LogP) is 3.89. The van der Waals surface area contributed by atoms with E-state index in [-0.39, 0.29) is 11.6 Å². The molecule has 118 valence electrons. The van der Waals surface area contributed by atoms with Crippen molar-refractivity contribution in [2.75, 3.05) is 5.73 Å². The van der Waals surface area contributed by atoms with Gasteiger partial charge in [-0.15, -0.1) is 0 Å². The molecule has 3 rings (SSSR count). The van der Waals surface area contributed by atoms with Crippen molar-refractivity contribution in [2.24, 2.45) is 0 Å². The zero-order chi connectivity index (χ0) is 16.4. The van der Waals surface area contributed by atoms with E-state index in [9.17, 15) is 4.39 Å². The van der Waals surface area contributed by atoms with Crippen LogP contribution < -0.4 is 10.5 Å². The third kappa shape index (κ3) is 3.34. The van der Waals surface area contributed by atoms with E-state index in [1.54, 1.807) is 41.5 Å². The van der Waals surface area contributed by atoms with Crippen LogP contribution in [0.15, 0.2) is 53.4 Å². The molecule has 0 aliphatic carbocycles. The first-order valence-corrected chi connectivity index (χ1v) is 7.71. The van der Waals surface area contributed by atoms with Crippen molar-refractivity contribution in [1.82, 2.24) is 14.8 Å². The Bertz CT molecular complexity index is 823. The SMILES string of the molecule is CC(Oc1cc(Br)cnc1N)c1cc(F)ccc1-n1cccn1. The first-order valence-electron chi connectivity index (χ1n) is 6.92. The Hall–Kier alpha value is -2.41. The summed E-state index contributed by atoms with van der Waals surface area (Å²) in [6.07, 6.45) is 4.60. The van der Waals surface area contributed by atoms with Gasteiger partial charge < -0.3 is 10.5 Å². The third-order valence-electron chi connectivity index (χ3n) is 3.33. The lowest BCUT2D eigenvalue weighted by atomic mass is 10.1. The van der Waals surface area contributed by atoms with E-state index in [4.69, 9.17) is 10.5 Å². The van der Waals surface area contributed by atoms with Gasteiger partial charge in [0, 0.05) is 28.6 Å². The van der Waals surface area contributed by atoms with Gasteiger partial charge in [0.2, 0.25) is 0 Å². The molecule has 0 radical (unpaired) electrons. The molecule has 3 aromatic rings. The van der Waals surface area contributed by atoms with Crippen LogP contribution >= 0.6 is 15.9 Å². The highest BCUT2D eigenvalue weighted by atomic mass is 79.9. The Labute approximate surface area is 141 Å². The fourth-order valence-corrected chi connectivity index (χ4v) is 2.56. The zero-order valence-electron chi connectivity index (χ0n) is 12.3. The first-order chi connectivity index (χ1) is 11.0. The van der Waals surface area contributed by atoms with Gasteiger partial charge in [-0.3, -0.25) is 0 Å². The molecule has 1 unspecified atom stereocenters. The molecule has 1 atom stereocenters. The van der Waals surface area contributed by atoms with E-state index in [1.165, 1.54) is 12.1 Å². The molecule has 1 aromatic carbocycles. The predicted molar refractivity (Wildman–Crippen MR) is 88.9 cm³/mol. The van der Waals surface area contributed by atoms with Gasteiger partial charge in [0.25, 0.3) is 0 Å². The minimum atomic E-state index is -0.441. The summed E-state index contributed by atoms with van der Waals surface area (Å²) in [7, 11) is 0. The van der Waals surface area contributed by atoms with Gasteiger partial charge in [0.05, 0.1) is 5.69 Å². The van der Waals surface area contributed by atoms with Crippen LogP contribution in [0.2, 0.25) is 0 Å². The van der Waals surface area contributed by atoms with Crippen LogP contribution in [-0.2, 0) is 0 Å². The van der Waals surface area contributed by atoms with E-state index in [0.29, 0.717) is 11.3 Å². The number of anilines is 1. The molecule has 0 bridgehead atoms. The van der Waals surface area contributed by atoms with E-state index < -0.39 is 6.10 Å². The number of pyridine rings is 1. The number of benzene rings is 1. The number of hydrogen-bond acceptors (Lipinski definition) is 4. The van der Waals surface area contributed by atoms with Crippen molar-refractivity contribution < 1.29 is 9.13 Å². The van der Waals surface area contributed by atoms with E-state index in [1.807, 2.05) is 6.92 Å². The summed E-state index contributed by atoms with van der Waals surface area (Å²) in [6, 6.07) is 8.02. The standard InChI is InChI=1S/C16H14BrFN4O/c1-10(23-15-7-11(17)9-20-16(15)19)13-8-12(18)3-4-14(13)22-6-2-5-21-22/h2-10H,1H3,(H2,19,20). The number of halogens is 2. The third-order valence-corrected chi connectivity index (χ3v) is 3.76. The monoisotopic (exact) mass is 376 g/mol. The lowest BCUT2D eigenvalue weighted by Gasteiger charge is -2.19. The Balaban J connectivity index is 1.97. The van der Waals surface area contributed by atoms with Crippen molar-refractivity contribution >= 4 is 21.7 Å². The quantitative estimate of drug-likeness (QED) is 0.749. The van der Waals surface area contributed by atoms with Gasteiger partial charge in [-0.05, 0) is 53.2 Å². The minimum absolute atomic E-state index is 0.275. The largest absolute Gasteiger partial charge is 0.482 e. The van der Waals surface area contributed by atoms with Gasteiger partial charge in [-0.25, -0.2) is 14.1 Å². The van der Waals surface area contributed by atoms with Gasteiger partial charge >= 0.3 is 0 Å². The number of nitrogens with zero attached hydrogens (tertiary/aromatic N) is 3. The van der Waals surface area contributed by atoms with Crippen LogP contribution in [0.25, 0.3) is 5.69 Å². The highest BCUT2D eigenvalue weighted by Gasteiger charge is 2.17. The molecule has 0 aliphatic heterocycles. The summed E-state index contributed by atoms with van der Waals surface area (Å²) in [6.45, 7) is 1.82. The van der Waals surface area contributed by atoms with Crippen molar-refractivity contribution in [1.29, 1.82) is 0 Å². The van der Waals surface area contributed by atoms with Crippen LogP contribution in [0.5, 0.6) is 5.75 Å². The summed E-state index contributed by atoms with van der Waals surface area (Å²) in [5, 5.41) is 4.19. The van der Waals surface area contributed by atoms with Crippen molar-refractivity contribution in [3.05, 3.63) is 64.8 Å². The fourth-order valence-electron chi connectivity index (χ4n) is 2.25. The normalized spacial score (nSPS) is 12.1. The molecule has 2 aromatic heterocycles. The van der Waals surface area contributed by atoms with Crippen LogP contribution in [0.3, 0.4) is 0 Å². The number of ether oxygens (including phenoxy) is 1. The molecule has 23 heavy (non-hydrogen) atoms. The van der Waals surface area contributed by atoms with Gasteiger partial charge in [0.1, 0.15) is 11.9 Å². The Kier molecular flexibility index (Phi) is 4.29. The number of nitrogen functional groups attached to an aromatic ring is 1. The van der Waals surface area contributed by atoms with Crippen LogP contribution in [-0.4, -0.2) is 14.8 Å². The van der Waals surface area contributed by atoms with Gasteiger partial charge in [-0.2, -0.15) is 5.10 Å². The maximum Gasteiger partial charge on any atom is 0.166 e. The fraction of sp³-hybridized carbons (Fsp3) is 0.125. The highest BCUT2D eigenvalue weighted by Crippen LogP contribution is 2.31. The Morgan fingerprint density at radius 1 is 1.35 bits per heavy atom. The van der Waals surface area contributed by atoms with Crippen LogP contribution in [0.4, 0.5) is 10.2 Å². The molecule has 7 heteroatoms. The molecule has 0 spiro atoms. The number of nitrogens with two attached hydrogens (primary N) is 1. The summed E-state index contributed by atoms with van der Waals surface area (Å²) in [5.74, 6) is 0.367. The van der Waals surface area contributed by atoms with E-state index >= 15 is 0 Å².